The van der Waals surface area contributed by atoms with Crippen LogP contribution in [0.5, 0.6) is 0 Å². The second-order valence-electron chi connectivity index (χ2n) is 5.76. The van der Waals surface area contributed by atoms with E-state index in [1.807, 2.05) is 12.3 Å². The van der Waals surface area contributed by atoms with Crippen LogP contribution in [0.1, 0.15) is 43.1 Å². The van der Waals surface area contributed by atoms with Crippen molar-refractivity contribution >= 4 is 28.4 Å². The molecule has 1 saturated heterocycles. The summed E-state index contributed by atoms with van der Waals surface area (Å²) in [5, 5.41) is 0.940. The Bertz CT molecular complexity index is 730. The fraction of sp³-hybridized carbons (Fsp3) is 0.375. The van der Waals surface area contributed by atoms with Gasteiger partial charge in [0.05, 0.1) is 11.2 Å². The molecule has 21 heavy (non-hydrogen) atoms. The topological polar surface area (TPSA) is 68.3 Å². The van der Waals surface area contributed by atoms with E-state index in [-0.39, 0.29) is 11.9 Å². The SMILES string of the molecule is CC(C)n1ccc2cc(C(N)=O)cc(N3CCCC3=O)c21. The third kappa shape index (κ3) is 2.18. The molecule has 1 fully saturated rings. The van der Waals surface area contributed by atoms with E-state index in [2.05, 4.69) is 18.4 Å². The van der Waals surface area contributed by atoms with Crippen LogP contribution in [-0.4, -0.2) is 22.9 Å². The minimum atomic E-state index is -0.470. The number of primary amides is 1. The Morgan fingerprint density at radius 2 is 2.10 bits per heavy atom. The van der Waals surface area contributed by atoms with Crippen LogP contribution >= 0.6 is 0 Å². The van der Waals surface area contributed by atoms with Gasteiger partial charge in [0.25, 0.3) is 0 Å². The maximum atomic E-state index is 12.1. The normalized spacial score (nSPS) is 15.4. The lowest BCUT2D eigenvalue weighted by molar-refractivity contribution is -0.117. The Balaban J connectivity index is 2.29. The van der Waals surface area contributed by atoms with E-state index in [0.717, 1.165) is 23.0 Å². The molecule has 0 saturated carbocycles. The molecule has 0 bridgehead atoms. The van der Waals surface area contributed by atoms with Gasteiger partial charge in [0.15, 0.2) is 0 Å². The first-order valence-electron chi connectivity index (χ1n) is 7.24. The van der Waals surface area contributed by atoms with Crippen molar-refractivity contribution in [2.75, 3.05) is 11.4 Å². The summed E-state index contributed by atoms with van der Waals surface area (Å²) < 4.78 is 2.13. The highest BCUT2D eigenvalue weighted by atomic mass is 16.2. The molecular weight excluding hydrogens is 266 g/mol. The summed E-state index contributed by atoms with van der Waals surface area (Å²) in [6, 6.07) is 5.78. The van der Waals surface area contributed by atoms with Crippen LogP contribution < -0.4 is 10.6 Å². The number of carbonyl (C=O) groups excluding carboxylic acids is 2. The van der Waals surface area contributed by atoms with Crippen molar-refractivity contribution in [3.8, 4) is 0 Å². The zero-order chi connectivity index (χ0) is 15.1. The molecule has 2 N–H and O–H groups in total. The average molecular weight is 285 g/mol. The van der Waals surface area contributed by atoms with Gasteiger partial charge in [-0.1, -0.05) is 0 Å². The highest BCUT2D eigenvalue weighted by Gasteiger charge is 2.26. The van der Waals surface area contributed by atoms with Gasteiger partial charge in [-0.05, 0) is 38.5 Å². The molecule has 5 heteroatoms. The molecule has 1 aliphatic rings. The quantitative estimate of drug-likeness (QED) is 0.941. The standard InChI is InChI=1S/C16H19N3O2/c1-10(2)18-7-5-11-8-12(16(17)21)9-13(15(11)18)19-6-3-4-14(19)20/h5,7-10H,3-4,6H2,1-2H3,(H2,17,21). The van der Waals surface area contributed by atoms with Crippen molar-refractivity contribution in [2.24, 2.45) is 5.73 Å². The number of carbonyl (C=O) groups is 2. The summed E-state index contributed by atoms with van der Waals surface area (Å²) >= 11 is 0. The summed E-state index contributed by atoms with van der Waals surface area (Å²) in [7, 11) is 0. The van der Waals surface area contributed by atoms with E-state index < -0.39 is 5.91 Å². The van der Waals surface area contributed by atoms with Crippen molar-refractivity contribution < 1.29 is 9.59 Å². The second kappa shape index (κ2) is 4.91. The van der Waals surface area contributed by atoms with Gasteiger partial charge >= 0.3 is 0 Å². The van der Waals surface area contributed by atoms with E-state index in [9.17, 15) is 9.59 Å². The fourth-order valence-corrected chi connectivity index (χ4v) is 2.97. The number of aromatic nitrogens is 1. The van der Waals surface area contributed by atoms with Crippen LogP contribution in [0.4, 0.5) is 5.69 Å². The fourth-order valence-electron chi connectivity index (χ4n) is 2.97. The molecule has 1 aromatic heterocycles. The lowest BCUT2D eigenvalue weighted by Crippen LogP contribution is -2.25. The maximum Gasteiger partial charge on any atom is 0.248 e. The molecule has 1 aromatic carbocycles. The number of hydrogen-bond donors (Lipinski definition) is 1. The Hall–Kier alpha value is -2.30. The number of amides is 2. The number of fused-ring (bicyclic) bond motifs is 1. The van der Waals surface area contributed by atoms with Gasteiger partial charge in [-0.3, -0.25) is 9.59 Å². The molecule has 2 heterocycles. The molecule has 2 aromatic rings. The van der Waals surface area contributed by atoms with Crippen molar-refractivity contribution in [2.45, 2.75) is 32.7 Å². The Kier molecular flexibility index (Phi) is 3.20. The van der Waals surface area contributed by atoms with E-state index in [0.29, 0.717) is 18.5 Å². The summed E-state index contributed by atoms with van der Waals surface area (Å²) in [6.45, 7) is 4.88. The molecule has 3 rings (SSSR count). The average Bonchev–Trinajstić information content (AvgIpc) is 3.03. The zero-order valence-electron chi connectivity index (χ0n) is 12.3. The van der Waals surface area contributed by atoms with Crippen LogP contribution in [0.15, 0.2) is 24.4 Å². The number of rotatable bonds is 3. The lowest BCUT2D eigenvalue weighted by atomic mass is 10.1. The maximum absolute atomic E-state index is 12.1. The molecule has 2 amide bonds. The van der Waals surface area contributed by atoms with Crippen LogP contribution in [0.2, 0.25) is 0 Å². The first-order valence-corrected chi connectivity index (χ1v) is 7.24. The summed E-state index contributed by atoms with van der Waals surface area (Å²) in [4.78, 5) is 25.4. The first-order chi connectivity index (χ1) is 9.99. The number of hydrogen-bond acceptors (Lipinski definition) is 2. The smallest absolute Gasteiger partial charge is 0.248 e. The third-order valence-corrected chi connectivity index (χ3v) is 4.00. The predicted octanol–water partition coefficient (Wildman–Crippen LogP) is 2.45. The minimum absolute atomic E-state index is 0.106. The molecule has 0 unspecified atom stereocenters. The number of benzene rings is 1. The Labute approximate surface area is 123 Å². The molecule has 0 aliphatic carbocycles. The molecule has 0 radical (unpaired) electrons. The van der Waals surface area contributed by atoms with E-state index in [1.54, 1.807) is 17.0 Å². The van der Waals surface area contributed by atoms with Gasteiger partial charge in [0.1, 0.15) is 0 Å². The number of anilines is 1. The van der Waals surface area contributed by atoms with E-state index in [4.69, 9.17) is 5.73 Å². The lowest BCUT2D eigenvalue weighted by Gasteiger charge is -2.21. The van der Waals surface area contributed by atoms with Crippen molar-refractivity contribution in [1.82, 2.24) is 4.57 Å². The molecule has 0 spiro atoms. The molecule has 110 valence electrons. The van der Waals surface area contributed by atoms with Crippen LogP contribution in [0, 0.1) is 0 Å². The first kappa shape index (κ1) is 13.7. The largest absolute Gasteiger partial charge is 0.366 e. The molecule has 5 nitrogen and oxygen atoms in total. The van der Waals surface area contributed by atoms with Gasteiger partial charge in [0.2, 0.25) is 11.8 Å². The third-order valence-electron chi connectivity index (χ3n) is 4.00. The Morgan fingerprint density at radius 1 is 1.33 bits per heavy atom. The van der Waals surface area contributed by atoms with Crippen molar-refractivity contribution in [3.05, 3.63) is 30.0 Å². The van der Waals surface area contributed by atoms with Crippen LogP contribution in [0.25, 0.3) is 10.9 Å². The second-order valence-corrected chi connectivity index (χ2v) is 5.76. The summed E-state index contributed by atoms with van der Waals surface area (Å²) in [6.07, 6.45) is 3.40. The summed E-state index contributed by atoms with van der Waals surface area (Å²) in [5.74, 6) is -0.364. The summed E-state index contributed by atoms with van der Waals surface area (Å²) in [5.41, 5.74) is 7.65. The van der Waals surface area contributed by atoms with E-state index >= 15 is 0 Å². The van der Waals surface area contributed by atoms with Gasteiger partial charge in [-0.15, -0.1) is 0 Å². The van der Waals surface area contributed by atoms with Gasteiger partial charge in [-0.25, -0.2) is 0 Å². The van der Waals surface area contributed by atoms with Gasteiger partial charge in [0, 0.05) is 36.2 Å². The monoisotopic (exact) mass is 285 g/mol. The molecule has 1 aliphatic heterocycles. The predicted molar refractivity (Wildman–Crippen MR) is 82.4 cm³/mol. The van der Waals surface area contributed by atoms with Gasteiger partial charge < -0.3 is 15.2 Å². The van der Waals surface area contributed by atoms with Crippen molar-refractivity contribution in [1.29, 1.82) is 0 Å². The molecular formula is C16H19N3O2. The number of nitrogens with zero attached hydrogens (tertiary/aromatic N) is 2. The highest BCUT2D eigenvalue weighted by Crippen LogP contribution is 2.34. The van der Waals surface area contributed by atoms with Crippen LogP contribution in [0.3, 0.4) is 0 Å². The highest BCUT2D eigenvalue weighted by molar-refractivity contribution is 6.07. The number of nitrogens with two attached hydrogens (primary N) is 1. The zero-order valence-corrected chi connectivity index (χ0v) is 12.3. The molecule has 0 atom stereocenters. The Morgan fingerprint density at radius 3 is 2.67 bits per heavy atom. The minimum Gasteiger partial charge on any atom is -0.366 e. The van der Waals surface area contributed by atoms with Gasteiger partial charge in [-0.2, -0.15) is 0 Å². The van der Waals surface area contributed by atoms with E-state index in [1.165, 1.54) is 0 Å². The van der Waals surface area contributed by atoms with Crippen molar-refractivity contribution in [3.63, 3.8) is 0 Å². The van der Waals surface area contributed by atoms with Crippen LogP contribution in [-0.2, 0) is 4.79 Å².